The van der Waals surface area contributed by atoms with Gasteiger partial charge in [0.1, 0.15) is 17.3 Å². The van der Waals surface area contributed by atoms with Gasteiger partial charge >= 0.3 is 0 Å². The summed E-state index contributed by atoms with van der Waals surface area (Å²) in [4.78, 5) is 4.08. The zero-order valence-corrected chi connectivity index (χ0v) is 12.1. The number of halogens is 2. The SMILES string of the molecule is CCCNc1cncc(Oc2ccc(Br)c(F)c2)c1. The largest absolute Gasteiger partial charge is 0.456 e. The van der Waals surface area contributed by atoms with Crippen LogP contribution in [0, 0.1) is 5.82 Å². The van der Waals surface area contributed by atoms with Crippen LogP contribution < -0.4 is 10.1 Å². The molecular formula is C14H14BrFN2O. The number of aromatic nitrogens is 1. The molecule has 1 aromatic heterocycles. The molecular weight excluding hydrogens is 311 g/mol. The zero-order valence-electron chi connectivity index (χ0n) is 10.5. The predicted molar refractivity (Wildman–Crippen MR) is 77.2 cm³/mol. The first-order chi connectivity index (χ1) is 9.19. The van der Waals surface area contributed by atoms with Crippen LogP contribution in [0.25, 0.3) is 0 Å². The van der Waals surface area contributed by atoms with Crippen molar-refractivity contribution in [3.8, 4) is 11.5 Å². The maximum atomic E-state index is 13.4. The summed E-state index contributed by atoms with van der Waals surface area (Å²) < 4.78 is 19.4. The van der Waals surface area contributed by atoms with Crippen LogP contribution in [0.2, 0.25) is 0 Å². The molecule has 3 nitrogen and oxygen atoms in total. The minimum atomic E-state index is -0.356. The van der Waals surface area contributed by atoms with Crippen molar-refractivity contribution in [2.75, 3.05) is 11.9 Å². The highest BCUT2D eigenvalue weighted by Crippen LogP contribution is 2.26. The Hall–Kier alpha value is -1.62. The van der Waals surface area contributed by atoms with Crippen LogP contribution in [0.4, 0.5) is 10.1 Å². The Balaban J connectivity index is 2.11. The van der Waals surface area contributed by atoms with Gasteiger partial charge in [0.2, 0.25) is 0 Å². The molecule has 0 aliphatic heterocycles. The second-order valence-electron chi connectivity index (χ2n) is 4.01. The summed E-state index contributed by atoms with van der Waals surface area (Å²) >= 11 is 3.10. The smallest absolute Gasteiger partial charge is 0.147 e. The molecule has 0 fully saturated rings. The average Bonchev–Trinajstić information content (AvgIpc) is 2.41. The molecule has 1 N–H and O–H groups in total. The van der Waals surface area contributed by atoms with Crippen molar-refractivity contribution in [3.63, 3.8) is 0 Å². The van der Waals surface area contributed by atoms with Gasteiger partial charge in [-0.25, -0.2) is 4.39 Å². The van der Waals surface area contributed by atoms with Gasteiger partial charge in [-0.2, -0.15) is 0 Å². The summed E-state index contributed by atoms with van der Waals surface area (Å²) in [6.45, 7) is 2.96. The van der Waals surface area contributed by atoms with Crippen LogP contribution in [-0.4, -0.2) is 11.5 Å². The minimum Gasteiger partial charge on any atom is -0.456 e. The number of pyridine rings is 1. The van der Waals surface area contributed by atoms with Crippen molar-refractivity contribution in [3.05, 3.63) is 46.9 Å². The third-order valence-electron chi connectivity index (χ3n) is 2.42. The minimum absolute atomic E-state index is 0.356. The molecule has 1 heterocycles. The summed E-state index contributed by atoms with van der Waals surface area (Å²) in [6, 6.07) is 6.47. The molecule has 0 aliphatic carbocycles. The van der Waals surface area contributed by atoms with Gasteiger partial charge in [0, 0.05) is 18.7 Å². The van der Waals surface area contributed by atoms with Gasteiger partial charge in [-0.1, -0.05) is 6.92 Å². The first kappa shape index (κ1) is 13.8. The molecule has 0 unspecified atom stereocenters. The van der Waals surface area contributed by atoms with E-state index in [-0.39, 0.29) is 5.82 Å². The Morgan fingerprint density at radius 1 is 1.26 bits per heavy atom. The lowest BCUT2D eigenvalue weighted by Gasteiger charge is -2.08. The lowest BCUT2D eigenvalue weighted by molar-refractivity contribution is 0.474. The van der Waals surface area contributed by atoms with Gasteiger partial charge in [0.05, 0.1) is 22.6 Å². The molecule has 0 bridgehead atoms. The van der Waals surface area contributed by atoms with E-state index in [0.29, 0.717) is 16.0 Å². The van der Waals surface area contributed by atoms with E-state index in [2.05, 4.69) is 33.2 Å². The number of rotatable bonds is 5. The van der Waals surface area contributed by atoms with Crippen molar-refractivity contribution >= 4 is 21.6 Å². The molecule has 19 heavy (non-hydrogen) atoms. The molecule has 2 rings (SSSR count). The highest BCUT2D eigenvalue weighted by molar-refractivity contribution is 9.10. The van der Waals surface area contributed by atoms with Crippen LogP contribution in [0.3, 0.4) is 0 Å². The van der Waals surface area contributed by atoms with Gasteiger partial charge < -0.3 is 10.1 Å². The topological polar surface area (TPSA) is 34.2 Å². The first-order valence-corrected chi connectivity index (χ1v) is 6.80. The van der Waals surface area contributed by atoms with E-state index in [1.807, 2.05) is 6.07 Å². The average molecular weight is 325 g/mol. The van der Waals surface area contributed by atoms with E-state index in [4.69, 9.17) is 4.74 Å². The maximum Gasteiger partial charge on any atom is 0.147 e. The Morgan fingerprint density at radius 3 is 2.84 bits per heavy atom. The van der Waals surface area contributed by atoms with Crippen molar-refractivity contribution < 1.29 is 9.13 Å². The standard InChI is InChI=1S/C14H14BrFN2O/c1-2-5-18-10-6-12(9-17-8-10)19-11-3-4-13(15)14(16)7-11/h3-4,6-9,18H,2,5H2,1H3. The van der Waals surface area contributed by atoms with Gasteiger partial charge in [0.15, 0.2) is 0 Å². The van der Waals surface area contributed by atoms with Gasteiger partial charge in [-0.05, 0) is 34.5 Å². The lowest BCUT2D eigenvalue weighted by Crippen LogP contribution is -2.00. The first-order valence-electron chi connectivity index (χ1n) is 6.01. The third-order valence-corrected chi connectivity index (χ3v) is 3.06. The summed E-state index contributed by atoms with van der Waals surface area (Å²) in [6.07, 6.45) is 4.35. The number of anilines is 1. The fraction of sp³-hybridized carbons (Fsp3) is 0.214. The number of hydrogen-bond donors (Lipinski definition) is 1. The fourth-order valence-electron chi connectivity index (χ4n) is 1.52. The molecule has 0 radical (unpaired) electrons. The second-order valence-corrected chi connectivity index (χ2v) is 4.87. The van der Waals surface area contributed by atoms with Gasteiger partial charge in [-0.15, -0.1) is 0 Å². The summed E-state index contributed by atoms with van der Waals surface area (Å²) in [5.74, 6) is 0.656. The monoisotopic (exact) mass is 324 g/mol. The van der Waals surface area contributed by atoms with Crippen LogP contribution in [-0.2, 0) is 0 Å². The van der Waals surface area contributed by atoms with Crippen LogP contribution in [0.1, 0.15) is 13.3 Å². The van der Waals surface area contributed by atoms with Gasteiger partial charge in [0.25, 0.3) is 0 Å². The van der Waals surface area contributed by atoms with E-state index >= 15 is 0 Å². The predicted octanol–water partition coefficient (Wildman–Crippen LogP) is 4.60. The van der Waals surface area contributed by atoms with Crippen molar-refractivity contribution in [2.45, 2.75) is 13.3 Å². The number of hydrogen-bond acceptors (Lipinski definition) is 3. The molecule has 0 spiro atoms. The van der Waals surface area contributed by atoms with Crippen LogP contribution in [0.15, 0.2) is 41.1 Å². The normalized spacial score (nSPS) is 10.3. The highest BCUT2D eigenvalue weighted by atomic mass is 79.9. The number of ether oxygens (including phenoxy) is 1. The van der Waals surface area contributed by atoms with E-state index in [9.17, 15) is 4.39 Å². The molecule has 0 atom stereocenters. The van der Waals surface area contributed by atoms with Crippen molar-refractivity contribution in [1.29, 1.82) is 0 Å². The second kappa shape index (κ2) is 6.52. The summed E-state index contributed by atoms with van der Waals surface area (Å²) in [5.41, 5.74) is 0.886. The number of benzene rings is 1. The zero-order chi connectivity index (χ0) is 13.7. The number of nitrogens with one attached hydrogen (secondary N) is 1. The Morgan fingerprint density at radius 2 is 2.11 bits per heavy atom. The van der Waals surface area contributed by atoms with E-state index in [0.717, 1.165) is 18.7 Å². The van der Waals surface area contributed by atoms with E-state index in [1.165, 1.54) is 6.07 Å². The number of nitrogens with zero attached hydrogens (tertiary/aromatic N) is 1. The Labute approximate surface area is 119 Å². The maximum absolute atomic E-state index is 13.4. The molecule has 5 heteroatoms. The van der Waals surface area contributed by atoms with E-state index < -0.39 is 0 Å². The highest BCUT2D eigenvalue weighted by Gasteiger charge is 2.04. The fourth-order valence-corrected chi connectivity index (χ4v) is 1.76. The van der Waals surface area contributed by atoms with E-state index in [1.54, 1.807) is 24.5 Å². The van der Waals surface area contributed by atoms with Crippen molar-refractivity contribution in [1.82, 2.24) is 4.98 Å². The Bertz CT molecular complexity index is 563. The molecule has 0 aliphatic rings. The molecule has 2 aromatic rings. The molecule has 1 aromatic carbocycles. The molecule has 0 saturated carbocycles. The van der Waals surface area contributed by atoms with Crippen molar-refractivity contribution in [2.24, 2.45) is 0 Å². The third kappa shape index (κ3) is 3.92. The quantitative estimate of drug-likeness (QED) is 0.872. The lowest BCUT2D eigenvalue weighted by atomic mass is 10.3. The Kier molecular flexibility index (Phi) is 4.74. The summed E-state index contributed by atoms with van der Waals surface area (Å²) in [7, 11) is 0. The van der Waals surface area contributed by atoms with Gasteiger partial charge in [-0.3, -0.25) is 4.98 Å². The molecule has 0 amide bonds. The molecule has 0 saturated heterocycles. The van der Waals surface area contributed by atoms with Crippen LogP contribution in [0.5, 0.6) is 11.5 Å². The molecule has 100 valence electrons. The summed E-state index contributed by atoms with van der Waals surface area (Å²) in [5, 5.41) is 3.22. The van der Waals surface area contributed by atoms with Crippen LogP contribution >= 0.6 is 15.9 Å².